The predicted octanol–water partition coefficient (Wildman–Crippen LogP) is 3.17. The van der Waals surface area contributed by atoms with Crippen molar-refractivity contribution < 1.29 is 9.53 Å². The number of para-hydroxylation sites is 1. The van der Waals surface area contributed by atoms with Crippen molar-refractivity contribution in [3.05, 3.63) is 82.0 Å². The summed E-state index contributed by atoms with van der Waals surface area (Å²) in [5.74, 6) is 2.03. The first-order valence-corrected chi connectivity index (χ1v) is 11.6. The Morgan fingerprint density at radius 1 is 1.03 bits per heavy atom. The minimum Gasteiger partial charge on any atom is -0.496 e. The summed E-state index contributed by atoms with van der Waals surface area (Å²) in [6.45, 7) is 2.00. The molecular weight excluding hydrogens is 416 g/mol. The minimum absolute atomic E-state index is 0.0729. The molecule has 1 amide bonds. The van der Waals surface area contributed by atoms with Crippen molar-refractivity contribution in [2.75, 3.05) is 20.2 Å². The first-order chi connectivity index (χ1) is 16.1. The van der Waals surface area contributed by atoms with Gasteiger partial charge < -0.3 is 9.64 Å². The van der Waals surface area contributed by atoms with Crippen molar-refractivity contribution >= 4 is 5.91 Å². The third-order valence-electron chi connectivity index (χ3n) is 6.52. The molecule has 0 unspecified atom stereocenters. The van der Waals surface area contributed by atoms with Crippen molar-refractivity contribution in [2.45, 2.75) is 44.6 Å². The van der Waals surface area contributed by atoms with Gasteiger partial charge in [0.05, 0.1) is 7.11 Å². The van der Waals surface area contributed by atoms with Gasteiger partial charge in [-0.1, -0.05) is 48.5 Å². The standard InChI is InChI=1S/C26H32N4O3/c1-28-26(32)30(19-14-20-8-4-3-5-9-20)25(27-28)22-15-17-29(18-16-22)24(31)13-12-21-10-6-7-11-23(21)33-2/h3-11,22H,12-19H2,1-2H3. The Morgan fingerprint density at radius 3 is 2.45 bits per heavy atom. The van der Waals surface area contributed by atoms with Crippen molar-refractivity contribution in [1.82, 2.24) is 19.2 Å². The number of aryl methyl sites for hydroxylation is 3. The summed E-state index contributed by atoms with van der Waals surface area (Å²) < 4.78 is 8.65. The Labute approximate surface area is 194 Å². The highest BCUT2D eigenvalue weighted by Gasteiger charge is 2.28. The van der Waals surface area contributed by atoms with Crippen LogP contribution in [-0.2, 0) is 31.2 Å². The maximum atomic E-state index is 12.8. The van der Waals surface area contributed by atoms with E-state index in [9.17, 15) is 9.59 Å². The first-order valence-electron chi connectivity index (χ1n) is 11.6. The Morgan fingerprint density at radius 2 is 1.73 bits per heavy atom. The van der Waals surface area contributed by atoms with E-state index >= 15 is 0 Å². The van der Waals surface area contributed by atoms with E-state index in [4.69, 9.17) is 4.74 Å². The van der Waals surface area contributed by atoms with Crippen molar-refractivity contribution in [3.63, 3.8) is 0 Å². The number of hydrogen-bond donors (Lipinski definition) is 0. The number of aromatic nitrogens is 3. The topological polar surface area (TPSA) is 69.4 Å². The third-order valence-corrected chi connectivity index (χ3v) is 6.52. The van der Waals surface area contributed by atoms with Gasteiger partial charge in [0.25, 0.3) is 0 Å². The number of hydrogen-bond acceptors (Lipinski definition) is 4. The number of carbonyl (C=O) groups is 1. The molecular formula is C26H32N4O3. The minimum atomic E-state index is -0.0729. The van der Waals surface area contributed by atoms with E-state index in [1.54, 1.807) is 14.2 Å². The van der Waals surface area contributed by atoms with E-state index < -0.39 is 0 Å². The van der Waals surface area contributed by atoms with Gasteiger partial charge in [-0.25, -0.2) is 9.48 Å². The van der Waals surface area contributed by atoms with Gasteiger partial charge in [-0.15, -0.1) is 0 Å². The van der Waals surface area contributed by atoms with Crippen LogP contribution in [0.3, 0.4) is 0 Å². The molecule has 0 aliphatic carbocycles. The monoisotopic (exact) mass is 448 g/mol. The van der Waals surface area contributed by atoms with Crippen LogP contribution in [-0.4, -0.2) is 45.4 Å². The second kappa shape index (κ2) is 10.5. The fraction of sp³-hybridized carbons (Fsp3) is 0.423. The van der Waals surface area contributed by atoms with E-state index in [2.05, 4.69) is 17.2 Å². The van der Waals surface area contributed by atoms with E-state index in [-0.39, 0.29) is 17.5 Å². The summed E-state index contributed by atoms with van der Waals surface area (Å²) in [5, 5.41) is 4.56. The van der Waals surface area contributed by atoms with Gasteiger partial charge >= 0.3 is 5.69 Å². The zero-order chi connectivity index (χ0) is 23.2. The second-order valence-corrected chi connectivity index (χ2v) is 8.62. The highest BCUT2D eigenvalue weighted by Crippen LogP contribution is 2.27. The van der Waals surface area contributed by atoms with Crippen LogP contribution in [0.1, 0.15) is 42.1 Å². The van der Waals surface area contributed by atoms with Gasteiger partial charge in [0.1, 0.15) is 11.6 Å². The number of nitrogens with zero attached hydrogens (tertiary/aromatic N) is 4. The molecule has 2 heterocycles. The van der Waals surface area contributed by atoms with Gasteiger partial charge in [-0.3, -0.25) is 9.36 Å². The van der Waals surface area contributed by atoms with Crippen LogP contribution in [0, 0.1) is 0 Å². The summed E-state index contributed by atoms with van der Waals surface area (Å²) in [6, 6.07) is 18.0. The number of amides is 1. The Kier molecular flexibility index (Phi) is 7.27. The van der Waals surface area contributed by atoms with Crippen LogP contribution in [0.4, 0.5) is 0 Å². The van der Waals surface area contributed by atoms with Gasteiger partial charge in [0.2, 0.25) is 5.91 Å². The van der Waals surface area contributed by atoms with Crippen LogP contribution in [0.15, 0.2) is 59.4 Å². The number of ether oxygens (including phenoxy) is 1. The molecule has 0 radical (unpaired) electrons. The molecule has 0 bridgehead atoms. The highest BCUT2D eigenvalue weighted by atomic mass is 16.5. The highest BCUT2D eigenvalue weighted by molar-refractivity contribution is 5.76. The van der Waals surface area contributed by atoms with E-state index in [0.29, 0.717) is 32.5 Å². The summed E-state index contributed by atoms with van der Waals surface area (Å²) in [5.41, 5.74) is 2.19. The first kappa shape index (κ1) is 22.8. The maximum absolute atomic E-state index is 12.8. The molecule has 33 heavy (non-hydrogen) atoms. The average Bonchev–Trinajstić information content (AvgIpc) is 3.15. The van der Waals surface area contributed by atoms with Crippen LogP contribution in [0.2, 0.25) is 0 Å². The third kappa shape index (κ3) is 5.35. The lowest BCUT2D eigenvalue weighted by Crippen LogP contribution is -2.38. The quantitative estimate of drug-likeness (QED) is 0.531. The fourth-order valence-corrected chi connectivity index (χ4v) is 4.62. The lowest BCUT2D eigenvalue weighted by Gasteiger charge is -2.31. The lowest BCUT2D eigenvalue weighted by molar-refractivity contribution is -0.132. The molecule has 7 heteroatoms. The van der Waals surface area contributed by atoms with E-state index in [1.165, 1.54) is 10.2 Å². The second-order valence-electron chi connectivity index (χ2n) is 8.62. The molecule has 2 aromatic carbocycles. The maximum Gasteiger partial charge on any atom is 0.345 e. The molecule has 1 aliphatic heterocycles. The van der Waals surface area contributed by atoms with Crippen LogP contribution >= 0.6 is 0 Å². The van der Waals surface area contributed by atoms with Gasteiger partial charge in [-0.2, -0.15) is 5.10 Å². The predicted molar refractivity (Wildman–Crippen MR) is 127 cm³/mol. The zero-order valence-corrected chi connectivity index (χ0v) is 19.4. The number of likely N-dealkylation sites (tertiary alicyclic amines) is 1. The summed E-state index contributed by atoms with van der Waals surface area (Å²) in [4.78, 5) is 27.4. The van der Waals surface area contributed by atoms with Crippen molar-refractivity contribution in [3.8, 4) is 5.75 Å². The SMILES string of the molecule is COc1ccccc1CCC(=O)N1CCC(c2nn(C)c(=O)n2CCc2ccccc2)CC1. The molecule has 4 rings (SSSR count). The molecule has 3 aromatic rings. The lowest BCUT2D eigenvalue weighted by atomic mass is 9.95. The number of benzene rings is 2. The number of rotatable bonds is 8. The molecule has 1 saturated heterocycles. The number of carbonyl (C=O) groups excluding carboxylic acids is 1. The Hall–Kier alpha value is -3.35. The number of methoxy groups -OCH3 is 1. The average molecular weight is 449 g/mol. The van der Waals surface area contributed by atoms with E-state index in [1.807, 2.05) is 51.9 Å². The molecule has 0 saturated carbocycles. The zero-order valence-electron chi connectivity index (χ0n) is 19.4. The van der Waals surface area contributed by atoms with Gasteiger partial charge in [-0.05, 0) is 42.9 Å². The molecule has 1 aromatic heterocycles. The molecule has 7 nitrogen and oxygen atoms in total. The smallest absolute Gasteiger partial charge is 0.345 e. The summed E-state index contributed by atoms with van der Waals surface area (Å²) in [6.07, 6.45) is 3.57. The molecule has 1 fully saturated rings. The fourth-order valence-electron chi connectivity index (χ4n) is 4.62. The largest absolute Gasteiger partial charge is 0.496 e. The Balaban J connectivity index is 1.35. The summed E-state index contributed by atoms with van der Waals surface area (Å²) in [7, 11) is 3.36. The molecule has 0 N–H and O–H groups in total. The van der Waals surface area contributed by atoms with Crippen molar-refractivity contribution in [1.29, 1.82) is 0 Å². The molecule has 0 spiro atoms. The molecule has 1 aliphatic rings. The van der Waals surface area contributed by atoms with Gasteiger partial charge in [0.15, 0.2) is 0 Å². The molecule has 0 atom stereocenters. The van der Waals surface area contributed by atoms with Crippen LogP contribution in [0.25, 0.3) is 0 Å². The van der Waals surface area contributed by atoms with Gasteiger partial charge in [0, 0.05) is 39.0 Å². The van der Waals surface area contributed by atoms with Crippen LogP contribution < -0.4 is 10.4 Å². The number of piperidine rings is 1. The van der Waals surface area contributed by atoms with Crippen molar-refractivity contribution in [2.24, 2.45) is 7.05 Å². The normalized spacial score (nSPS) is 14.4. The molecule has 174 valence electrons. The Bertz CT molecular complexity index is 1130. The summed E-state index contributed by atoms with van der Waals surface area (Å²) >= 11 is 0. The van der Waals surface area contributed by atoms with E-state index in [0.717, 1.165) is 36.4 Å². The van der Waals surface area contributed by atoms with Crippen LogP contribution in [0.5, 0.6) is 5.75 Å².